The number of rotatable bonds is 2. The first kappa shape index (κ1) is 11.0. The van der Waals surface area contributed by atoms with Gasteiger partial charge in [-0.2, -0.15) is 0 Å². The minimum absolute atomic E-state index is 0.0620. The van der Waals surface area contributed by atoms with Crippen molar-refractivity contribution in [2.24, 2.45) is 5.41 Å². The van der Waals surface area contributed by atoms with Gasteiger partial charge in [0, 0.05) is 19.6 Å². The van der Waals surface area contributed by atoms with Gasteiger partial charge < -0.3 is 10.2 Å². The summed E-state index contributed by atoms with van der Waals surface area (Å²) >= 11 is 0. The molecule has 0 spiro atoms. The van der Waals surface area contributed by atoms with Crippen molar-refractivity contribution < 1.29 is 10.2 Å². The van der Waals surface area contributed by atoms with Gasteiger partial charge in [0.05, 0.1) is 12.2 Å². The molecule has 2 unspecified atom stereocenters. The molecule has 2 atom stereocenters. The van der Waals surface area contributed by atoms with Crippen molar-refractivity contribution in [2.45, 2.75) is 39.4 Å². The Morgan fingerprint density at radius 3 is 2.46 bits per heavy atom. The van der Waals surface area contributed by atoms with Gasteiger partial charge in [-0.25, -0.2) is 0 Å². The SMILES string of the molecule is CC(C)(C)C(O)CN1CCC(O)C1. The number of hydrogen-bond acceptors (Lipinski definition) is 3. The average molecular weight is 187 g/mol. The van der Waals surface area contributed by atoms with E-state index in [1.54, 1.807) is 0 Å². The smallest absolute Gasteiger partial charge is 0.0715 e. The largest absolute Gasteiger partial charge is 0.392 e. The van der Waals surface area contributed by atoms with Crippen LogP contribution in [0.1, 0.15) is 27.2 Å². The van der Waals surface area contributed by atoms with Crippen molar-refractivity contribution in [1.82, 2.24) is 4.90 Å². The number of nitrogens with zero attached hydrogens (tertiary/aromatic N) is 1. The Balaban J connectivity index is 2.33. The lowest BCUT2D eigenvalue weighted by atomic mass is 9.89. The molecule has 0 aromatic rings. The van der Waals surface area contributed by atoms with E-state index >= 15 is 0 Å². The Morgan fingerprint density at radius 2 is 2.08 bits per heavy atom. The summed E-state index contributed by atoms with van der Waals surface area (Å²) in [7, 11) is 0. The summed E-state index contributed by atoms with van der Waals surface area (Å²) in [6.07, 6.45) is 0.349. The van der Waals surface area contributed by atoms with Gasteiger partial charge in [-0.05, 0) is 11.8 Å². The van der Waals surface area contributed by atoms with Crippen LogP contribution in [0.15, 0.2) is 0 Å². The molecule has 0 aliphatic carbocycles. The second kappa shape index (κ2) is 3.95. The second-order valence-corrected chi connectivity index (χ2v) is 5.08. The van der Waals surface area contributed by atoms with E-state index in [2.05, 4.69) is 4.90 Å². The first-order valence-corrected chi connectivity index (χ1v) is 4.98. The van der Waals surface area contributed by atoms with Crippen LogP contribution in [-0.4, -0.2) is 47.0 Å². The van der Waals surface area contributed by atoms with Gasteiger partial charge in [-0.1, -0.05) is 20.8 Å². The van der Waals surface area contributed by atoms with Gasteiger partial charge in [0.15, 0.2) is 0 Å². The van der Waals surface area contributed by atoms with Gasteiger partial charge in [0.25, 0.3) is 0 Å². The lowest BCUT2D eigenvalue weighted by Gasteiger charge is -2.29. The molecular formula is C10H21NO2. The highest BCUT2D eigenvalue weighted by Crippen LogP contribution is 2.21. The van der Waals surface area contributed by atoms with E-state index in [4.69, 9.17) is 0 Å². The van der Waals surface area contributed by atoms with E-state index in [9.17, 15) is 10.2 Å². The van der Waals surface area contributed by atoms with E-state index in [0.717, 1.165) is 13.0 Å². The number of hydrogen-bond donors (Lipinski definition) is 2. The molecule has 3 nitrogen and oxygen atoms in total. The molecule has 2 N–H and O–H groups in total. The minimum Gasteiger partial charge on any atom is -0.392 e. The van der Waals surface area contributed by atoms with Crippen LogP contribution in [0.25, 0.3) is 0 Å². The molecule has 0 bridgehead atoms. The van der Waals surface area contributed by atoms with E-state index in [1.807, 2.05) is 20.8 Å². The zero-order valence-electron chi connectivity index (χ0n) is 8.82. The Labute approximate surface area is 80.4 Å². The molecule has 1 heterocycles. The predicted molar refractivity (Wildman–Crippen MR) is 52.5 cm³/mol. The first-order chi connectivity index (χ1) is 5.89. The van der Waals surface area contributed by atoms with Gasteiger partial charge >= 0.3 is 0 Å². The van der Waals surface area contributed by atoms with Crippen LogP contribution in [0.4, 0.5) is 0 Å². The fourth-order valence-electron chi connectivity index (χ4n) is 1.50. The molecule has 0 saturated carbocycles. The fraction of sp³-hybridized carbons (Fsp3) is 1.00. The van der Waals surface area contributed by atoms with Gasteiger partial charge in [0.1, 0.15) is 0 Å². The Kier molecular flexibility index (Phi) is 3.33. The summed E-state index contributed by atoms with van der Waals surface area (Å²) in [6, 6.07) is 0. The predicted octanol–water partition coefficient (Wildman–Crippen LogP) is 0.460. The number of β-amino-alcohol motifs (C(OH)–C–C–N with tert-alkyl or cyclic N) is 2. The summed E-state index contributed by atoms with van der Waals surface area (Å²) in [5, 5.41) is 19.1. The van der Waals surface area contributed by atoms with Crippen LogP contribution in [-0.2, 0) is 0 Å². The highest BCUT2D eigenvalue weighted by molar-refractivity contribution is 4.81. The van der Waals surface area contributed by atoms with Gasteiger partial charge in [0.2, 0.25) is 0 Å². The second-order valence-electron chi connectivity index (χ2n) is 5.08. The van der Waals surface area contributed by atoms with E-state index < -0.39 is 0 Å². The van der Waals surface area contributed by atoms with Gasteiger partial charge in [-0.15, -0.1) is 0 Å². The molecule has 1 aliphatic rings. The van der Waals surface area contributed by atoms with Crippen LogP contribution < -0.4 is 0 Å². The topological polar surface area (TPSA) is 43.7 Å². The van der Waals surface area contributed by atoms with Crippen LogP contribution in [0.5, 0.6) is 0 Å². The molecular weight excluding hydrogens is 166 g/mol. The molecule has 1 aliphatic heterocycles. The number of likely N-dealkylation sites (tertiary alicyclic amines) is 1. The summed E-state index contributed by atoms with van der Waals surface area (Å²) < 4.78 is 0. The molecule has 78 valence electrons. The minimum atomic E-state index is -0.308. The maximum atomic E-state index is 9.81. The van der Waals surface area contributed by atoms with Crippen molar-refractivity contribution in [3.05, 3.63) is 0 Å². The Hall–Kier alpha value is -0.120. The maximum absolute atomic E-state index is 9.81. The molecule has 13 heavy (non-hydrogen) atoms. The van der Waals surface area contributed by atoms with E-state index in [0.29, 0.717) is 13.1 Å². The fourth-order valence-corrected chi connectivity index (χ4v) is 1.50. The van der Waals surface area contributed by atoms with E-state index in [-0.39, 0.29) is 17.6 Å². The van der Waals surface area contributed by atoms with Crippen molar-refractivity contribution >= 4 is 0 Å². The van der Waals surface area contributed by atoms with Crippen molar-refractivity contribution in [3.8, 4) is 0 Å². The highest BCUT2D eigenvalue weighted by atomic mass is 16.3. The summed E-state index contributed by atoms with van der Waals surface area (Å²) in [6.45, 7) is 8.40. The van der Waals surface area contributed by atoms with Crippen LogP contribution >= 0.6 is 0 Å². The molecule has 1 fully saturated rings. The quantitative estimate of drug-likeness (QED) is 0.660. The number of aliphatic hydroxyl groups is 2. The zero-order valence-corrected chi connectivity index (χ0v) is 8.82. The third-order valence-electron chi connectivity index (χ3n) is 2.68. The van der Waals surface area contributed by atoms with Crippen molar-refractivity contribution in [1.29, 1.82) is 0 Å². The molecule has 0 radical (unpaired) electrons. The average Bonchev–Trinajstić information content (AvgIpc) is 2.33. The summed E-state index contributed by atoms with van der Waals surface area (Å²) in [4.78, 5) is 2.13. The molecule has 0 amide bonds. The van der Waals surface area contributed by atoms with E-state index in [1.165, 1.54) is 0 Å². The lowest BCUT2D eigenvalue weighted by molar-refractivity contribution is 0.0313. The summed E-state index contributed by atoms with van der Waals surface area (Å²) in [5.74, 6) is 0. The molecule has 1 saturated heterocycles. The Bertz CT molecular complexity index is 165. The third-order valence-corrected chi connectivity index (χ3v) is 2.68. The first-order valence-electron chi connectivity index (χ1n) is 4.98. The third kappa shape index (κ3) is 3.25. The maximum Gasteiger partial charge on any atom is 0.0715 e. The monoisotopic (exact) mass is 187 g/mol. The molecule has 0 aromatic heterocycles. The Morgan fingerprint density at radius 1 is 1.46 bits per heavy atom. The van der Waals surface area contributed by atoms with Crippen LogP contribution in [0, 0.1) is 5.41 Å². The molecule has 3 heteroatoms. The lowest BCUT2D eigenvalue weighted by Crippen LogP contribution is -2.38. The zero-order chi connectivity index (χ0) is 10.1. The van der Waals surface area contributed by atoms with Crippen molar-refractivity contribution in [3.63, 3.8) is 0 Å². The number of aliphatic hydroxyl groups excluding tert-OH is 2. The molecule has 1 rings (SSSR count). The van der Waals surface area contributed by atoms with Crippen LogP contribution in [0.2, 0.25) is 0 Å². The van der Waals surface area contributed by atoms with Crippen LogP contribution in [0.3, 0.4) is 0 Å². The van der Waals surface area contributed by atoms with Gasteiger partial charge in [-0.3, -0.25) is 4.90 Å². The summed E-state index contributed by atoms with van der Waals surface area (Å²) in [5.41, 5.74) is -0.0620. The normalized spacial score (nSPS) is 27.9. The highest BCUT2D eigenvalue weighted by Gasteiger charge is 2.27. The molecule has 0 aromatic carbocycles. The standard InChI is InChI=1S/C10H21NO2/c1-10(2,3)9(13)7-11-5-4-8(12)6-11/h8-9,12-13H,4-7H2,1-3H3. The van der Waals surface area contributed by atoms with Crippen molar-refractivity contribution in [2.75, 3.05) is 19.6 Å².